The number of nitrogen functional groups attached to an aromatic ring is 1. The lowest BCUT2D eigenvalue weighted by Gasteiger charge is -2.32. The van der Waals surface area contributed by atoms with E-state index in [0.717, 1.165) is 17.2 Å². The summed E-state index contributed by atoms with van der Waals surface area (Å²) in [7, 11) is 0. The zero-order valence-electron chi connectivity index (χ0n) is 19.9. The first-order valence-electron chi connectivity index (χ1n) is 11.3. The number of halogens is 3. The number of pyridine rings is 1. The van der Waals surface area contributed by atoms with E-state index in [1.54, 1.807) is 31.7 Å². The van der Waals surface area contributed by atoms with Crippen LogP contribution in [-0.4, -0.2) is 45.2 Å². The van der Waals surface area contributed by atoms with Crippen LogP contribution in [-0.2, 0) is 10.9 Å². The molecule has 3 heterocycles. The number of rotatable bonds is 4. The molecule has 188 valence electrons. The summed E-state index contributed by atoms with van der Waals surface area (Å²) in [6, 6.07) is 7.17. The minimum atomic E-state index is -4.60. The lowest BCUT2D eigenvalue weighted by molar-refractivity contribution is -0.141. The lowest BCUT2D eigenvalue weighted by Crippen LogP contribution is -2.46. The van der Waals surface area contributed by atoms with Gasteiger partial charge in [0.1, 0.15) is 17.1 Å². The Kier molecular flexibility index (Phi) is 6.56. The van der Waals surface area contributed by atoms with E-state index in [-0.39, 0.29) is 17.9 Å². The summed E-state index contributed by atoms with van der Waals surface area (Å²) in [6.45, 7) is 7.75. The highest BCUT2D eigenvalue weighted by atomic mass is 32.1. The summed E-state index contributed by atoms with van der Waals surface area (Å²) in [6.07, 6.45) is -3.55. The van der Waals surface area contributed by atoms with E-state index in [2.05, 4.69) is 15.3 Å². The van der Waals surface area contributed by atoms with Gasteiger partial charge in [0.25, 0.3) is 0 Å². The Morgan fingerprint density at radius 3 is 2.66 bits per heavy atom. The second-order valence-corrected chi connectivity index (χ2v) is 10.7. The zero-order valence-corrected chi connectivity index (χ0v) is 20.8. The summed E-state index contributed by atoms with van der Waals surface area (Å²) < 4.78 is 46.9. The number of nitrogens with zero attached hydrogens (tertiary/aromatic N) is 3. The molecule has 35 heavy (non-hydrogen) atoms. The Morgan fingerprint density at radius 1 is 1.23 bits per heavy atom. The van der Waals surface area contributed by atoms with Crippen molar-refractivity contribution in [2.45, 2.75) is 64.4 Å². The van der Waals surface area contributed by atoms with Gasteiger partial charge in [0.05, 0.1) is 16.3 Å². The van der Waals surface area contributed by atoms with Crippen molar-refractivity contribution in [3.8, 4) is 11.1 Å². The maximum Gasteiger partial charge on any atom is 0.433 e. The van der Waals surface area contributed by atoms with E-state index in [0.29, 0.717) is 34.7 Å². The number of hydrogen-bond acceptors (Lipinski definition) is 7. The molecule has 1 saturated heterocycles. The number of nitrogens with one attached hydrogen (secondary N) is 1. The standard InChI is InChI=1S/C24H28F3N5O2S/c1-13(17-6-5-11-32(17)22(33)34-23(2,3)4)29-20-15(8-10-19(31-20)24(25,26)27)14-7-9-18-16(12-14)30-21(28)35-18/h7-10,12-13,17H,5-6,11H2,1-4H3,(H2,28,30)(H,29,31). The molecule has 3 aromatic rings. The van der Waals surface area contributed by atoms with Crippen molar-refractivity contribution >= 4 is 38.6 Å². The van der Waals surface area contributed by atoms with Crippen LogP contribution in [0.3, 0.4) is 0 Å². The minimum Gasteiger partial charge on any atom is -0.444 e. The normalized spacial score (nSPS) is 17.6. The average molecular weight is 508 g/mol. The van der Waals surface area contributed by atoms with Gasteiger partial charge in [-0.2, -0.15) is 13.2 Å². The van der Waals surface area contributed by atoms with Gasteiger partial charge in [0.2, 0.25) is 0 Å². The molecule has 11 heteroatoms. The molecule has 1 aliphatic rings. The number of carbonyl (C=O) groups excluding carboxylic acids is 1. The number of alkyl halides is 3. The number of nitrogens with two attached hydrogens (primary N) is 1. The van der Waals surface area contributed by atoms with Crippen molar-refractivity contribution in [3.63, 3.8) is 0 Å². The molecule has 0 radical (unpaired) electrons. The molecule has 2 atom stereocenters. The highest BCUT2D eigenvalue weighted by Crippen LogP contribution is 2.36. The number of ether oxygens (including phenoxy) is 1. The van der Waals surface area contributed by atoms with E-state index >= 15 is 0 Å². The van der Waals surface area contributed by atoms with Crippen molar-refractivity contribution in [1.29, 1.82) is 0 Å². The van der Waals surface area contributed by atoms with Gasteiger partial charge in [-0.1, -0.05) is 17.4 Å². The van der Waals surface area contributed by atoms with Crippen LogP contribution in [0.25, 0.3) is 21.3 Å². The van der Waals surface area contributed by atoms with Crippen LogP contribution in [0.4, 0.5) is 28.9 Å². The van der Waals surface area contributed by atoms with Gasteiger partial charge < -0.3 is 20.7 Å². The molecule has 1 fully saturated rings. The molecular formula is C24H28F3N5O2S. The Bertz CT molecular complexity index is 1240. The first-order chi connectivity index (χ1) is 16.3. The quantitative estimate of drug-likeness (QED) is 0.439. The molecule has 1 aromatic carbocycles. The smallest absolute Gasteiger partial charge is 0.433 e. The third kappa shape index (κ3) is 5.61. The molecular weight excluding hydrogens is 479 g/mol. The lowest BCUT2D eigenvalue weighted by atomic mass is 10.0. The van der Waals surface area contributed by atoms with Crippen LogP contribution in [0, 0.1) is 0 Å². The van der Waals surface area contributed by atoms with Crippen LogP contribution >= 0.6 is 11.3 Å². The second-order valence-electron chi connectivity index (χ2n) is 9.64. The Labute approximate surface area is 205 Å². The predicted octanol–water partition coefficient (Wildman–Crippen LogP) is 6.16. The van der Waals surface area contributed by atoms with E-state index in [9.17, 15) is 18.0 Å². The number of benzene rings is 1. The number of amides is 1. The summed E-state index contributed by atoms with van der Waals surface area (Å²) >= 11 is 1.34. The zero-order chi connectivity index (χ0) is 25.5. The molecule has 2 unspecified atom stereocenters. The number of fused-ring (bicyclic) bond motifs is 1. The van der Waals surface area contributed by atoms with Gasteiger partial charge in [-0.15, -0.1) is 0 Å². The first-order valence-corrected chi connectivity index (χ1v) is 12.1. The summed E-state index contributed by atoms with van der Waals surface area (Å²) in [4.78, 5) is 22.6. The minimum absolute atomic E-state index is 0.0888. The molecule has 0 spiro atoms. The van der Waals surface area contributed by atoms with Crippen LogP contribution in [0.5, 0.6) is 0 Å². The van der Waals surface area contributed by atoms with Crippen molar-refractivity contribution in [2.75, 3.05) is 17.6 Å². The van der Waals surface area contributed by atoms with Crippen molar-refractivity contribution in [2.24, 2.45) is 0 Å². The summed E-state index contributed by atoms with van der Waals surface area (Å²) in [5.74, 6) is 0.0888. The second kappa shape index (κ2) is 9.18. The average Bonchev–Trinajstić information content (AvgIpc) is 3.37. The number of thiazole rings is 1. The van der Waals surface area contributed by atoms with Gasteiger partial charge in [-0.05, 0) is 70.4 Å². The van der Waals surface area contributed by atoms with Crippen molar-refractivity contribution in [3.05, 3.63) is 36.0 Å². The highest BCUT2D eigenvalue weighted by Gasteiger charge is 2.37. The van der Waals surface area contributed by atoms with E-state index in [4.69, 9.17) is 10.5 Å². The number of carbonyl (C=O) groups is 1. The SMILES string of the molecule is CC(Nc1nc(C(F)(F)F)ccc1-c1ccc2sc(N)nc2c1)C1CCCN1C(=O)OC(C)(C)C. The maximum absolute atomic E-state index is 13.5. The number of likely N-dealkylation sites (tertiary alicyclic amines) is 1. The molecule has 4 rings (SSSR count). The fourth-order valence-electron chi connectivity index (χ4n) is 4.24. The third-order valence-corrected chi connectivity index (χ3v) is 6.64. The van der Waals surface area contributed by atoms with Crippen LogP contribution < -0.4 is 11.1 Å². The fourth-order valence-corrected chi connectivity index (χ4v) is 4.96. The van der Waals surface area contributed by atoms with E-state index in [1.807, 2.05) is 19.1 Å². The summed E-state index contributed by atoms with van der Waals surface area (Å²) in [5, 5.41) is 3.58. The van der Waals surface area contributed by atoms with Crippen LogP contribution in [0.15, 0.2) is 30.3 Å². The van der Waals surface area contributed by atoms with Gasteiger partial charge in [0.15, 0.2) is 5.13 Å². The number of anilines is 2. The van der Waals surface area contributed by atoms with Crippen molar-refractivity contribution in [1.82, 2.24) is 14.9 Å². The van der Waals surface area contributed by atoms with E-state index < -0.39 is 23.6 Å². The number of hydrogen-bond donors (Lipinski definition) is 2. The predicted molar refractivity (Wildman–Crippen MR) is 131 cm³/mol. The molecule has 0 bridgehead atoms. The Morgan fingerprint density at radius 2 is 1.97 bits per heavy atom. The van der Waals surface area contributed by atoms with Gasteiger partial charge in [-0.25, -0.2) is 14.8 Å². The monoisotopic (exact) mass is 507 g/mol. The number of aromatic nitrogens is 2. The molecule has 0 saturated carbocycles. The Hall–Kier alpha value is -3.08. The highest BCUT2D eigenvalue weighted by molar-refractivity contribution is 7.22. The van der Waals surface area contributed by atoms with Gasteiger partial charge >= 0.3 is 12.3 Å². The molecule has 2 aromatic heterocycles. The third-order valence-electron chi connectivity index (χ3n) is 5.77. The largest absolute Gasteiger partial charge is 0.444 e. The maximum atomic E-state index is 13.5. The molecule has 7 nitrogen and oxygen atoms in total. The molecule has 3 N–H and O–H groups in total. The Balaban J connectivity index is 1.67. The molecule has 0 aliphatic carbocycles. The molecule has 1 amide bonds. The van der Waals surface area contributed by atoms with E-state index in [1.165, 1.54) is 17.4 Å². The van der Waals surface area contributed by atoms with Crippen LogP contribution in [0.2, 0.25) is 0 Å². The fraction of sp³-hybridized carbons (Fsp3) is 0.458. The van der Waals surface area contributed by atoms with Gasteiger partial charge in [-0.3, -0.25) is 0 Å². The van der Waals surface area contributed by atoms with Gasteiger partial charge in [0, 0.05) is 18.2 Å². The van der Waals surface area contributed by atoms with Crippen LogP contribution in [0.1, 0.15) is 46.2 Å². The molecule has 1 aliphatic heterocycles. The summed E-state index contributed by atoms with van der Waals surface area (Å²) in [5.41, 5.74) is 5.99. The van der Waals surface area contributed by atoms with Crippen molar-refractivity contribution < 1.29 is 22.7 Å². The first kappa shape index (κ1) is 25.0. The topological polar surface area (TPSA) is 93.4 Å².